The zero-order valence-corrected chi connectivity index (χ0v) is 18.7. The molecule has 1 saturated heterocycles. The smallest absolute Gasteiger partial charge is 0.228 e. The van der Waals surface area contributed by atoms with E-state index in [0.717, 1.165) is 5.75 Å². The molecule has 0 aromatic heterocycles. The first kappa shape index (κ1) is 22.6. The molecule has 1 amide bonds. The summed E-state index contributed by atoms with van der Waals surface area (Å²) in [6, 6.07) is 14.1. The number of benzene rings is 2. The van der Waals surface area contributed by atoms with Gasteiger partial charge in [0.25, 0.3) is 0 Å². The lowest BCUT2D eigenvalue weighted by Crippen LogP contribution is -2.44. The molecule has 0 radical (unpaired) electrons. The van der Waals surface area contributed by atoms with E-state index in [2.05, 4.69) is 5.32 Å². The van der Waals surface area contributed by atoms with Crippen LogP contribution in [-0.2, 0) is 20.6 Å². The molecule has 0 unspecified atom stereocenters. The van der Waals surface area contributed by atoms with E-state index in [9.17, 15) is 13.2 Å². The van der Waals surface area contributed by atoms with Crippen LogP contribution in [0.1, 0.15) is 32.3 Å². The Kier molecular flexibility index (Phi) is 7.39. The van der Waals surface area contributed by atoms with Crippen LogP contribution in [0.3, 0.4) is 0 Å². The van der Waals surface area contributed by atoms with Gasteiger partial charge in [0.15, 0.2) is 0 Å². The van der Waals surface area contributed by atoms with E-state index in [1.54, 1.807) is 48.5 Å². The number of hydrogen-bond acceptors (Lipinski definition) is 4. The molecule has 30 heavy (non-hydrogen) atoms. The molecule has 0 bridgehead atoms. The van der Waals surface area contributed by atoms with Crippen molar-refractivity contribution in [3.63, 3.8) is 0 Å². The quantitative estimate of drug-likeness (QED) is 0.682. The van der Waals surface area contributed by atoms with Gasteiger partial charge in [0, 0.05) is 23.8 Å². The van der Waals surface area contributed by atoms with Gasteiger partial charge >= 0.3 is 0 Å². The lowest BCUT2D eigenvalue weighted by Gasteiger charge is -2.31. The summed E-state index contributed by atoms with van der Waals surface area (Å²) in [5, 5.41) is 3.31. The number of nitrogens with one attached hydrogen (secondary N) is 1. The maximum Gasteiger partial charge on any atom is 0.228 e. The summed E-state index contributed by atoms with van der Waals surface area (Å²) in [6.45, 7) is 4.49. The van der Waals surface area contributed by atoms with Crippen LogP contribution >= 0.6 is 11.6 Å². The summed E-state index contributed by atoms with van der Waals surface area (Å²) in [5.41, 5.74) is 1.22. The van der Waals surface area contributed by atoms with Gasteiger partial charge in [-0.25, -0.2) is 12.7 Å². The number of piperidine rings is 1. The zero-order valence-electron chi connectivity index (χ0n) is 17.2. The molecule has 2 aromatic carbocycles. The van der Waals surface area contributed by atoms with Gasteiger partial charge in [-0.15, -0.1) is 0 Å². The molecule has 1 fully saturated rings. The summed E-state index contributed by atoms with van der Waals surface area (Å²) < 4.78 is 32.8. The number of carbonyl (C=O) groups is 1. The summed E-state index contributed by atoms with van der Waals surface area (Å²) in [6.07, 6.45) is 1.37. The van der Waals surface area contributed by atoms with E-state index >= 15 is 0 Å². The average Bonchev–Trinajstić information content (AvgIpc) is 2.71. The Morgan fingerprint density at radius 3 is 2.57 bits per heavy atom. The van der Waals surface area contributed by atoms with Crippen molar-refractivity contribution in [1.82, 2.24) is 4.31 Å². The van der Waals surface area contributed by atoms with Crippen LogP contribution in [-0.4, -0.2) is 37.8 Å². The number of hydrogen-bond donors (Lipinski definition) is 1. The maximum absolute atomic E-state index is 12.9. The first-order chi connectivity index (χ1) is 14.2. The summed E-state index contributed by atoms with van der Waals surface area (Å²) in [4.78, 5) is 12.7. The molecule has 1 aliphatic heterocycles. The van der Waals surface area contributed by atoms with Gasteiger partial charge in [-0.3, -0.25) is 4.79 Å². The molecule has 1 atom stereocenters. The van der Waals surface area contributed by atoms with Gasteiger partial charge in [-0.05, 0) is 62.6 Å². The number of sulfonamides is 1. The SMILES string of the molecule is CC(C)Oc1ccc(NC(=O)[C@H]2CCCN(S(=O)(=O)Cc3ccccc3Cl)C2)cc1. The minimum absolute atomic E-state index is 0.0754. The highest BCUT2D eigenvalue weighted by Crippen LogP contribution is 2.25. The topological polar surface area (TPSA) is 75.7 Å². The van der Waals surface area contributed by atoms with Crippen molar-refractivity contribution < 1.29 is 17.9 Å². The number of nitrogens with zero attached hydrogens (tertiary/aromatic N) is 1. The monoisotopic (exact) mass is 450 g/mol. The minimum Gasteiger partial charge on any atom is -0.491 e. The molecule has 1 N–H and O–H groups in total. The van der Waals surface area contributed by atoms with Gasteiger partial charge < -0.3 is 10.1 Å². The van der Waals surface area contributed by atoms with Crippen molar-refractivity contribution in [1.29, 1.82) is 0 Å². The normalized spacial score (nSPS) is 17.7. The standard InChI is InChI=1S/C22H27ClN2O4S/c1-16(2)29-20-11-9-19(10-12-20)24-22(26)17-7-5-13-25(14-17)30(27,28)15-18-6-3-4-8-21(18)23/h3-4,6,8-12,16-17H,5,7,13-15H2,1-2H3,(H,24,26)/t17-/m0/s1. The fraction of sp³-hybridized carbons (Fsp3) is 0.409. The molecule has 2 aromatic rings. The van der Waals surface area contributed by atoms with Crippen LogP contribution in [0.2, 0.25) is 5.02 Å². The van der Waals surface area contributed by atoms with Gasteiger partial charge in [-0.1, -0.05) is 29.8 Å². The van der Waals surface area contributed by atoms with Gasteiger partial charge in [0.05, 0.1) is 17.8 Å². The number of carbonyl (C=O) groups excluding carboxylic acids is 1. The molecule has 162 valence electrons. The predicted octanol–water partition coefficient (Wildman–Crippen LogP) is 4.31. The number of rotatable bonds is 7. The van der Waals surface area contributed by atoms with E-state index in [1.807, 2.05) is 13.8 Å². The highest BCUT2D eigenvalue weighted by atomic mass is 35.5. The van der Waals surface area contributed by atoms with Crippen LogP contribution in [0.15, 0.2) is 48.5 Å². The van der Waals surface area contributed by atoms with Crippen molar-refractivity contribution in [2.24, 2.45) is 5.92 Å². The Bertz CT molecular complexity index is 977. The zero-order chi connectivity index (χ0) is 21.7. The van der Waals surface area contributed by atoms with Crippen LogP contribution in [0.5, 0.6) is 5.75 Å². The molecule has 0 saturated carbocycles. The van der Waals surface area contributed by atoms with E-state index in [4.69, 9.17) is 16.3 Å². The molecule has 8 heteroatoms. The lowest BCUT2D eigenvalue weighted by molar-refractivity contribution is -0.120. The first-order valence-electron chi connectivity index (χ1n) is 10.0. The van der Waals surface area contributed by atoms with Gasteiger partial charge in [-0.2, -0.15) is 0 Å². The number of ether oxygens (including phenoxy) is 1. The van der Waals surface area contributed by atoms with Crippen LogP contribution in [0.4, 0.5) is 5.69 Å². The molecule has 0 spiro atoms. The molecule has 1 heterocycles. The average molecular weight is 451 g/mol. The fourth-order valence-electron chi connectivity index (χ4n) is 3.45. The van der Waals surface area contributed by atoms with Gasteiger partial charge in [0.2, 0.25) is 15.9 Å². The third-order valence-electron chi connectivity index (χ3n) is 4.94. The number of halogens is 1. The Balaban J connectivity index is 1.62. The number of anilines is 1. The highest BCUT2D eigenvalue weighted by Gasteiger charge is 2.32. The van der Waals surface area contributed by atoms with Crippen molar-refractivity contribution in [3.05, 3.63) is 59.1 Å². The second kappa shape index (κ2) is 9.81. The predicted molar refractivity (Wildman–Crippen MR) is 119 cm³/mol. The molecule has 1 aliphatic rings. The molecule has 6 nitrogen and oxygen atoms in total. The van der Waals surface area contributed by atoms with E-state index in [1.165, 1.54) is 4.31 Å². The van der Waals surface area contributed by atoms with E-state index < -0.39 is 15.9 Å². The van der Waals surface area contributed by atoms with Crippen LogP contribution < -0.4 is 10.1 Å². The number of amides is 1. The first-order valence-corrected chi connectivity index (χ1v) is 12.0. The molecule has 0 aliphatic carbocycles. The van der Waals surface area contributed by atoms with Crippen LogP contribution in [0, 0.1) is 5.92 Å². The summed E-state index contributed by atoms with van der Waals surface area (Å²) >= 11 is 6.12. The molecule has 3 rings (SSSR count). The Morgan fingerprint density at radius 1 is 1.20 bits per heavy atom. The third kappa shape index (κ3) is 5.97. The Labute approximate surface area is 183 Å². The Hall–Kier alpha value is -2.09. The van der Waals surface area contributed by atoms with Crippen molar-refractivity contribution in [3.8, 4) is 5.75 Å². The summed E-state index contributed by atoms with van der Waals surface area (Å²) in [7, 11) is -3.56. The highest BCUT2D eigenvalue weighted by molar-refractivity contribution is 7.88. The van der Waals surface area contributed by atoms with Crippen molar-refractivity contribution in [2.45, 2.75) is 38.5 Å². The maximum atomic E-state index is 12.9. The second-order valence-corrected chi connectivity index (χ2v) is 10.1. The van der Waals surface area contributed by atoms with E-state index in [-0.39, 0.29) is 24.3 Å². The van der Waals surface area contributed by atoms with Crippen molar-refractivity contribution >= 4 is 33.2 Å². The summed E-state index contributed by atoms with van der Waals surface area (Å²) in [5.74, 6) is -0.00718. The third-order valence-corrected chi connectivity index (χ3v) is 7.10. The van der Waals surface area contributed by atoms with Crippen LogP contribution in [0.25, 0.3) is 0 Å². The molecular formula is C22H27ClN2O4S. The lowest BCUT2D eigenvalue weighted by atomic mass is 9.99. The van der Waals surface area contributed by atoms with Gasteiger partial charge in [0.1, 0.15) is 5.75 Å². The minimum atomic E-state index is -3.56. The fourth-order valence-corrected chi connectivity index (χ4v) is 5.37. The second-order valence-electron chi connectivity index (χ2n) is 7.73. The Morgan fingerprint density at radius 2 is 1.90 bits per heavy atom. The largest absolute Gasteiger partial charge is 0.491 e. The molecular weight excluding hydrogens is 424 g/mol. The van der Waals surface area contributed by atoms with E-state index in [0.29, 0.717) is 35.7 Å². The van der Waals surface area contributed by atoms with Crippen molar-refractivity contribution in [2.75, 3.05) is 18.4 Å².